The molecule has 0 saturated carbocycles. The SMILES string of the molecule is COc1ccc(S(=O)(=O)N(C)c2ccc(OC(=O)C(C)Oc3ccc(C#N)cc3)cc2)cc1. The molecule has 3 rings (SSSR count). The minimum Gasteiger partial charge on any atom is -0.497 e. The number of carbonyl (C=O) groups is 1. The van der Waals surface area contributed by atoms with Crippen LogP contribution >= 0.6 is 0 Å². The predicted molar refractivity (Wildman–Crippen MR) is 122 cm³/mol. The van der Waals surface area contributed by atoms with Crippen molar-refractivity contribution >= 4 is 21.7 Å². The van der Waals surface area contributed by atoms with Gasteiger partial charge in [0.15, 0.2) is 6.10 Å². The number of methoxy groups -OCH3 is 1. The minimum atomic E-state index is -3.78. The molecule has 0 saturated heterocycles. The Morgan fingerprint density at radius 2 is 1.45 bits per heavy atom. The van der Waals surface area contributed by atoms with Crippen LogP contribution in [0.15, 0.2) is 77.7 Å². The number of rotatable bonds is 8. The van der Waals surface area contributed by atoms with Gasteiger partial charge in [-0.3, -0.25) is 4.31 Å². The molecular formula is C24H22N2O6S. The highest BCUT2D eigenvalue weighted by Crippen LogP contribution is 2.26. The number of nitriles is 1. The molecule has 9 heteroatoms. The molecule has 1 atom stereocenters. The first-order valence-corrected chi connectivity index (χ1v) is 11.3. The van der Waals surface area contributed by atoms with E-state index >= 15 is 0 Å². The Morgan fingerprint density at radius 1 is 0.909 bits per heavy atom. The van der Waals surface area contributed by atoms with Gasteiger partial charge in [0.1, 0.15) is 17.2 Å². The molecule has 33 heavy (non-hydrogen) atoms. The Balaban J connectivity index is 1.64. The van der Waals surface area contributed by atoms with Crippen LogP contribution in [0.3, 0.4) is 0 Å². The van der Waals surface area contributed by atoms with Gasteiger partial charge in [0.2, 0.25) is 0 Å². The fourth-order valence-corrected chi connectivity index (χ4v) is 4.02. The number of benzene rings is 3. The molecule has 0 amide bonds. The van der Waals surface area contributed by atoms with Gasteiger partial charge >= 0.3 is 5.97 Å². The molecule has 8 nitrogen and oxygen atoms in total. The van der Waals surface area contributed by atoms with Crippen molar-refractivity contribution in [2.75, 3.05) is 18.5 Å². The van der Waals surface area contributed by atoms with E-state index in [9.17, 15) is 13.2 Å². The summed E-state index contributed by atoms with van der Waals surface area (Å²) in [5.74, 6) is 0.611. The third-order valence-corrected chi connectivity index (χ3v) is 6.56. The summed E-state index contributed by atoms with van der Waals surface area (Å²) < 4.78 is 42.8. The van der Waals surface area contributed by atoms with Gasteiger partial charge in [-0.2, -0.15) is 5.26 Å². The molecule has 0 aliphatic carbocycles. The lowest BCUT2D eigenvalue weighted by Gasteiger charge is -2.20. The van der Waals surface area contributed by atoms with Crippen molar-refractivity contribution in [2.24, 2.45) is 0 Å². The van der Waals surface area contributed by atoms with Gasteiger partial charge in [-0.05, 0) is 79.7 Å². The zero-order valence-electron chi connectivity index (χ0n) is 18.3. The number of hydrogen-bond acceptors (Lipinski definition) is 7. The standard InChI is InChI=1S/C24H22N2O6S/c1-17(31-21-8-4-18(16-25)5-9-21)24(27)32-22-10-6-19(7-11-22)26(2)33(28,29)23-14-12-20(30-3)13-15-23/h4-15,17H,1-3H3. The van der Waals surface area contributed by atoms with E-state index in [1.54, 1.807) is 43.3 Å². The molecule has 0 bridgehead atoms. The molecular weight excluding hydrogens is 444 g/mol. The molecule has 0 spiro atoms. The van der Waals surface area contributed by atoms with E-state index in [1.165, 1.54) is 50.6 Å². The van der Waals surface area contributed by atoms with Crippen molar-refractivity contribution in [2.45, 2.75) is 17.9 Å². The monoisotopic (exact) mass is 466 g/mol. The van der Waals surface area contributed by atoms with E-state index in [1.807, 2.05) is 6.07 Å². The zero-order valence-corrected chi connectivity index (χ0v) is 19.1. The molecule has 0 heterocycles. The van der Waals surface area contributed by atoms with Crippen LogP contribution in [0, 0.1) is 11.3 Å². The number of anilines is 1. The third-order valence-electron chi connectivity index (χ3n) is 4.76. The number of hydrogen-bond donors (Lipinski definition) is 0. The number of esters is 1. The molecule has 170 valence electrons. The van der Waals surface area contributed by atoms with Crippen molar-refractivity contribution in [3.63, 3.8) is 0 Å². The Morgan fingerprint density at radius 3 is 2.00 bits per heavy atom. The molecule has 0 aliphatic rings. The average molecular weight is 467 g/mol. The van der Waals surface area contributed by atoms with Crippen molar-refractivity contribution in [3.8, 4) is 23.3 Å². The summed E-state index contributed by atoms with van der Waals surface area (Å²) >= 11 is 0. The molecule has 0 aromatic heterocycles. The minimum absolute atomic E-state index is 0.120. The lowest BCUT2D eigenvalue weighted by Crippen LogP contribution is -2.28. The fraction of sp³-hybridized carbons (Fsp3) is 0.167. The van der Waals surface area contributed by atoms with E-state index in [0.717, 1.165) is 4.31 Å². The molecule has 0 fully saturated rings. The topological polar surface area (TPSA) is 106 Å². The van der Waals surface area contributed by atoms with Gasteiger partial charge in [0.25, 0.3) is 10.0 Å². The van der Waals surface area contributed by atoms with Crippen LogP contribution in [-0.2, 0) is 14.8 Å². The summed E-state index contributed by atoms with van der Waals surface area (Å²) in [7, 11) is -0.834. The van der Waals surface area contributed by atoms with E-state index in [-0.39, 0.29) is 10.6 Å². The predicted octanol–water partition coefficient (Wildman–Crippen LogP) is 3.76. The van der Waals surface area contributed by atoms with Crippen molar-refractivity contribution in [3.05, 3.63) is 78.4 Å². The summed E-state index contributed by atoms with van der Waals surface area (Å²) in [5.41, 5.74) is 0.879. The largest absolute Gasteiger partial charge is 0.497 e. The zero-order chi connectivity index (χ0) is 24.0. The lowest BCUT2D eigenvalue weighted by molar-refractivity contribution is -0.141. The fourth-order valence-electron chi connectivity index (χ4n) is 2.83. The Kier molecular flexibility index (Phi) is 7.20. The highest BCUT2D eigenvalue weighted by molar-refractivity contribution is 7.92. The van der Waals surface area contributed by atoms with Crippen LogP contribution < -0.4 is 18.5 Å². The average Bonchev–Trinajstić information content (AvgIpc) is 2.84. The first-order valence-electron chi connectivity index (χ1n) is 9.86. The van der Waals surface area contributed by atoms with Gasteiger partial charge in [-0.15, -0.1) is 0 Å². The summed E-state index contributed by atoms with van der Waals surface area (Å²) in [4.78, 5) is 12.5. The second-order valence-corrected chi connectivity index (χ2v) is 8.93. The first-order chi connectivity index (χ1) is 15.7. The molecule has 0 N–H and O–H groups in total. The van der Waals surface area contributed by atoms with Crippen molar-refractivity contribution in [1.29, 1.82) is 5.26 Å². The van der Waals surface area contributed by atoms with Gasteiger partial charge in [0, 0.05) is 7.05 Å². The summed E-state index contributed by atoms with van der Waals surface area (Å²) in [6, 6.07) is 20.5. The van der Waals surface area contributed by atoms with Crippen LogP contribution in [0.5, 0.6) is 17.2 Å². The molecule has 0 aliphatic heterocycles. The Bertz CT molecular complexity index is 1250. The van der Waals surface area contributed by atoms with Gasteiger partial charge in [-0.25, -0.2) is 13.2 Å². The van der Waals surface area contributed by atoms with Crippen molar-refractivity contribution in [1.82, 2.24) is 0 Å². The third kappa shape index (κ3) is 5.61. The van der Waals surface area contributed by atoms with Crippen LogP contribution in [0.2, 0.25) is 0 Å². The maximum Gasteiger partial charge on any atom is 0.352 e. The van der Waals surface area contributed by atoms with E-state index in [2.05, 4.69) is 0 Å². The Hall–Kier alpha value is -4.03. The number of carbonyl (C=O) groups excluding carboxylic acids is 1. The number of ether oxygens (including phenoxy) is 3. The summed E-state index contributed by atoms with van der Waals surface area (Å²) in [6.45, 7) is 1.55. The molecule has 3 aromatic rings. The second kappa shape index (κ2) is 10.1. The van der Waals surface area contributed by atoms with E-state index in [4.69, 9.17) is 19.5 Å². The summed E-state index contributed by atoms with van der Waals surface area (Å²) in [5, 5.41) is 8.83. The lowest BCUT2D eigenvalue weighted by atomic mass is 10.2. The highest BCUT2D eigenvalue weighted by Gasteiger charge is 2.22. The quantitative estimate of drug-likeness (QED) is 0.367. The van der Waals surface area contributed by atoms with Crippen LogP contribution in [0.25, 0.3) is 0 Å². The maximum atomic E-state index is 12.9. The van der Waals surface area contributed by atoms with Gasteiger partial charge in [0.05, 0.1) is 29.3 Å². The van der Waals surface area contributed by atoms with Gasteiger partial charge in [-0.1, -0.05) is 0 Å². The molecule has 3 aromatic carbocycles. The summed E-state index contributed by atoms with van der Waals surface area (Å²) in [6.07, 6.45) is -0.893. The van der Waals surface area contributed by atoms with Crippen LogP contribution in [0.1, 0.15) is 12.5 Å². The van der Waals surface area contributed by atoms with Crippen LogP contribution in [-0.4, -0.2) is 34.6 Å². The smallest absolute Gasteiger partial charge is 0.352 e. The Labute approximate surface area is 192 Å². The number of nitrogens with zero attached hydrogens (tertiary/aromatic N) is 2. The molecule has 1 unspecified atom stereocenters. The highest BCUT2D eigenvalue weighted by atomic mass is 32.2. The normalized spacial score (nSPS) is 11.7. The first kappa shape index (κ1) is 23.6. The number of sulfonamides is 1. The second-order valence-electron chi connectivity index (χ2n) is 6.96. The van der Waals surface area contributed by atoms with Gasteiger partial charge < -0.3 is 14.2 Å². The van der Waals surface area contributed by atoms with E-state index in [0.29, 0.717) is 22.7 Å². The maximum absolute atomic E-state index is 12.9. The van der Waals surface area contributed by atoms with Crippen LogP contribution in [0.4, 0.5) is 5.69 Å². The van der Waals surface area contributed by atoms with E-state index < -0.39 is 22.1 Å². The van der Waals surface area contributed by atoms with Crippen molar-refractivity contribution < 1.29 is 27.4 Å². The molecule has 0 radical (unpaired) electrons.